The molecule has 1 atom stereocenters. The van der Waals surface area contributed by atoms with Crippen LogP contribution in [0.3, 0.4) is 0 Å². The molecule has 1 heterocycles. The zero-order valence-electron chi connectivity index (χ0n) is 18.8. The van der Waals surface area contributed by atoms with Crippen molar-refractivity contribution >= 4 is 40.2 Å². The van der Waals surface area contributed by atoms with Crippen LogP contribution in [0.4, 0.5) is 0 Å². The average Bonchev–Trinajstić information content (AvgIpc) is 2.86. The fraction of sp³-hybridized carbons (Fsp3) is 0.192. The van der Waals surface area contributed by atoms with Gasteiger partial charge in [-0.05, 0) is 42.3 Å². The lowest BCUT2D eigenvalue weighted by atomic mass is 10.2. The molecule has 3 aromatic carbocycles. The molecule has 4 rings (SSSR count). The van der Waals surface area contributed by atoms with Crippen LogP contribution in [-0.2, 0) is 11.3 Å². The molecule has 6 nitrogen and oxygen atoms in total. The molecule has 0 radical (unpaired) electrons. The Morgan fingerprint density at radius 1 is 1.12 bits per heavy atom. The number of ether oxygens (including phenoxy) is 1. The number of nitrogens with zero attached hydrogens (tertiary/aromatic N) is 2. The number of carbonyl (C=O) groups excluding carboxylic acids is 1. The van der Waals surface area contributed by atoms with Gasteiger partial charge < -0.3 is 10.1 Å². The highest BCUT2D eigenvalue weighted by Gasteiger charge is 2.23. The van der Waals surface area contributed by atoms with E-state index in [1.165, 1.54) is 23.4 Å². The number of nitrogens with one attached hydrogen (secondary N) is 1. The van der Waals surface area contributed by atoms with Crippen molar-refractivity contribution in [1.82, 2.24) is 14.9 Å². The maximum absolute atomic E-state index is 13.5. The fourth-order valence-electron chi connectivity index (χ4n) is 3.56. The van der Waals surface area contributed by atoms with Crippen molar-refractivity contribution in [2.24, 2.45) is 0 Å². The first-order chi connectivity index (χ1) is 16.5. The summed E-state index contributed by atoms with van der Waals surface area (Å²) >= 11 is 7.62. The first-order valence-electron chi connectivity index (χ1n) is 10.9. The first-order valence-corrected chi connectivity index (χ1v) is 12.1. The number of amides is 1. The number of hydrogen-bond acceptors (Lipinski definition) is 5. The molecule has 4 aromatic rings. The average molecular weight is 494 g/mol. The normalized spacial score (nSPS) is 11.9. The Morgan fingerprint density at radius 2 is 1.85 bits per heavy atom. The predicted molar refractivity (Wildman–Crippen MR) is 137 cm³/mol. The zero-order chi connectivity index (χ0) is 24.1. The zero-order valence-corrected chi connectivity index (χ0v) is 20.4. The van der Waals surface area contributed by atoms with Crippen molar-refractivity contribution in [3.05, 3.63) is 93.7 Å². The molecule has 0 aliphatic rings. The van der Waals surface area contributed by atoms with E-state index >= 15 is 0 Å². The summed E-state index contributed by atoms with van der Waals surface area (Å²) in [6.45, 7) is 2.37. The van der Waals surface area contributed by atoms with Crippen molar-refractivity contribution in [3.63, 3.8) is 0 Å². The number of thioether (sulfide) groups is 1. The summed E-state index contributed by atoms with van der Waals surface area (Å²) < 4.78 is 6.76. The van der Waals surface area contributed by atoms with Gasteiger partial charge in [0.25, 0.3) is 5.56 Å². The molecular weight excluding hydrogens is 470 g/mol. The van der Waals surface area contributed by atoms with Crippen LogP contribution in [0.5, 0.6) is 5.75 Å². The minimum Gasteiger partial charge on any atom is -0.495 e. The van der Waals surface area contributed by atoms with Gasteiger partial charge in [-0.3, -0.25) is 14.2 Å². The topological polar surface area (TPSA) is 73.2 Å². The Bertz CT molecular complexity index is 1380. The van der Waals surface area contributed by atoms with Gasteiger partial charge in [0.05, 0.1) is 34.0 Å². The molecule has 0 bridgehead atoms. The maximum Gasteiger partial charge on any atom is 0.266 e. The molecule has 0 spiro atoms. The Morgan fingerprint density at radius 3 is 2.56 bits per heavy atom. The van der Waals surface area contributed by atoms with Gasteiger partial charge in [0, 0.05) is 6.54 Å². The number of benzene rings is 3. The van der Waals surface area contributed by atoms with Gasteiger partial charge in [0.1, 0.15) is 5.75 Å². The quantitative estimate of drug-likeness (QED) is 0.268. The molecule has 1 N–H and O–H groups in total. The summed E-state index contributed by atoms with van der Waals surface area (Å²) in [4.78, 5) is 31.2. The Labute approximate surface area is 206 Å². The smallest absolute Gasteiger partial charge is 0.266 e. The lowest BCUT2D eigenvalue weighted by molar-refractivity contribution is -0.120. The molecule has 34 heavy (non-hydrogen) atoms. The van der Waals surface area contributed by atoms with Crippen LogP contribution in [-0.4, -0.2) is 27.8 Å². The van der Waals surface area contributed by atoms with Crippen molar-refractivity contribution in [1.29, 1.82) is 0 Å². The molecule has 0 aliphatic heterocycles. The number of halogens is 1. The number of methoxy groups -OCH3 is 1. The van der Waals surface area contributed by atoms with Gasteiger partial charge in [0.2, 0.25) is 5.91 Å². The van der Waals surface area contributed by atoms with Gasteiger partial charge in [-0.1, -0.05) is 72.8 Å². The van der Waals surface area contributed by atoms with E-state index in [-0.39, 0.29) is 11.5 Å². The van der Waals surface area contributed by atoms with Gasteiger partial charge in [-0.25, -0.2) is 4.98 Å². The predicted octanol–water partition coefficient (Wildman–Crippen LogP) is 5.23. The summed E-state index contributed by atoms with van der Waals surface area (Å²) in [5.41, 5.74) is 1.92. The van der Waals surface area contributed by atoms with Crippen molar-refractivity contribution < 1.29 is 9.53 Å². The Balaban J connectivity index is 1.71. The highest BCUT2D eigenvalue weighted by Crippen LogP contribution is 2.30. The second-order valence-electron chi connectivity index (χ2n) is 7.59. The molecule has 8 heteroatoms. The van der Waals surface area contributed by atoms with Crippen molar-refractivity contribution in [3.8, 4) is 11.4 Å². The lowest BCUT2D eigenvalue weighted by Gasteiger charge is -2.18. The van der Waals surface area contributed by atoms with Crippen molar-refractivity contribution in [2.45, 2.75) is 30.3 Å². The third-order valence-corrected chi connectivity index (χ3v) is 6.97. The van der Waals surface area contributed by atoms with Crippen LogP contribution >= 0.6 is 23.4 Å². The fourth-order valence-corrected chi connectivity index (χ4v) is 4.87. The van der Waals surface area contributed by atoms with E-state index in [0.717, 1.165) is 5.56 Å². The molecule has 1 aromatic heterocycles. The first kappa shape index (κ1) is 23.9. The molecule has 0 saturated carbocycles. The van der Waals surface area contributed by atoms with E-state index in [0.29, 0.717) is 45.5 Å². The van der Waals surface area contributed by atoms with Crippen LogP contribution in [0.25, 0.3) is 16.6 Å². The van der Waals surface area contributed by atoms with E-state index < -0.39 is 5.25 Å². The molecule has 0 aliphatic carbocycles. The second kappa shape index (κ2) is 10.8. The number of rotatable bonds is 8. The SMILES string of the molecule is CCC(Sc1nc2ccccc2c(=O)n1-c1ccc(OC)c(Cl)c1)C(=O)NCc1ccccc1. The number of hydrogen-bond donors (Lipinski definition) is 1. The summed E-state index contributed by atoms with van der Waals surface area (Å²) in [5, 5.41) is 3.85. The van der Waals surface area contributed by atoms with E-state index in [1.54, 1.807) is 36.4 Å². The highest BCUT2D eigenvalue weighted by atomic mass is 35.5. The van der Waals surface area contributed by atoms with Crippen LogP contribution < -0.4 is 15.6 Å². The molecular formula is C26H24ClN3O3S. The minimum absolute atomic E-state index is 0.113. The molecule has 1 unspecified atom stereocenters. The minimum atomic E-state index is -0.434. The molecule has 174 valence electrons. The lowest BCUT2D eigenvalue weighted by Crippen LogP contribution is -2.33. The van der Waals surface area contributed by atoms with Crippen LogP contribution in [0.2, 0.25) is 5.02 Å². The van der Waals surface area contributed by atoms with Crippen LogP contribution in [0.15, 0.2) is 82.7 Å². The highest BCUT2D eigenvalue weighted by molar-refractivity contribution is 8.00. The molecule has 0 fully saturated rings. The molecule has 0 saturated heterocycles. The van der Waals surface area contributed by atoms with E-state index in [2.05, 4.69) is 5.32 Å². The monoisotopic (exact) mass is 493 g/mol. The number of carbonyl (C=O) groups is 1. The van der Waals surface area contributed by atoms with E-state index in [1.807, 2.05) is 43.3 Å². The third-order valence-electron chi connectivity index (χ3n) is 5.36. The van der Waals surface area contributed by atoms with E-state index in [9.17, 15) is 9.59 Å². The van der Waals surface area contributed by atoms with Crippen LogP contribution in [0, 0.1) is 0 Å². The van der Waals surface area contributed by atoms with Crippen molar-refractivity contribution in [2.75, 3.05) is 7.11 Å². The van der Waals surface area contributed by atoms with Crippen LogP contribution in [0.1, 0.15) is 18.9 Å². The summed E-state index contributed by atoms with van der Waals surface area (Å²) in [6, 6.07) is 22.0. The summed E-state index contributed by atoms with van der Waals surface area (Å²) in [7, 11) is 1.53. The maximum atomic E-state index is 13.5. The molecule has 1 amide bonds. The second-order valence-corrected chi connectivity index (χ2v) is 9.17. The van der Waals surface area contributed by atoms with Gasteiger partial charge >= 0.3 is 0 Å². The summed E-state index contributed by atoms with van der Waals surface area (Å²) in [5.74, 6) is 0.395. The largest absolute Gasteiger partial charge is 0.495 e. The number of fused-ring (bicyclic) bond motifs is 1. The van der Waals surface area contributed by atoms with Gasteiger partial charge in [-0.2, -0.15) is 0 Å². The summed E-state index contributed by atoms with van der Waals surface area (Å²) in [6.07, 6.45) is 0.567. The Kier molecular flexibility index (Phi) is 7.55. The van der Waals surface area contributed by atoms with E-state index in [4.69, 9.17) is 21.3 Å². The number of para-hydroxylation sites is 1. The third kappa shape index (κ3) is 5.11. The van der Waals surface area contributed by atoms with Gasteiger partial charge in [0.15, 0.2) is 5.16 Å². The van der Waals surface area contributed by atoms with Gasteiger partial charge in [-0.15, -0.1) is 0 Å². The standard InChI is InChI=1S/C26H24ClN3O3S/c1-3-23(24(31)28-16-17-9-5-4-6-10-17)34-26-29-21-12-8-7-11-19(21)25(32)30(26)18-13-14-22(33-2)20(27)15-18/h4-15,23H,3,16H2,1-2H3,(H,28,31). The number of aromatic nitrogens is 2. The Hall–Kier alpha value is -3.29.